The Morgan fingerprint density at radius 3 is 1.16 bits per heavy atom. The van der Waals surface area contributed by atoms with Crippen molar-refractivity contribution in [2.45, 2.75) is 25.2 Å². The van der Waals surface area contributed by atoms with E-state index in [1.807, 2.05) is 36.4 Å². The molecule has 0 unspecified atom stereocenters. The van der Waals surface area contributed by atoms with E-state index >= 15 is 0 Å². The molecule has 0 aromatic heterocycles. The van der Waals surface area contributed by atoms with Gasteiger partial charge in [0.05, 0.1) is 12.1 Å². The highest BCUT2D eigenvalue weighted by Crippen LogP contribution is 2.30. The van der Waals surface area contributed by atoms with Crippen LogP contribution in [0, 0.1) is 11.6 Å². The smallest absolute Gasteiger partial charge is 0.123 e. The second kappa shape index (κ2) is 10.8. The van der Waals surface area contributed by atoms with Gasteiger partial charge in [-0.15, -0.1) is 0 Å². The topological polar surface area (TPSA) is 24.1 Å². The van der Waals surface area contributed by atoms with Gasteiger partial charge >= 0.3 is 0 Å². The molecule has 2 atom stereocenters. The molecular formula is C28H26F2N2. The summed E-state index contributed by atoms with van der Waals surface area (Å²) in [4.78, 5) is 0. The molecule has 0 heterocycles. The van der Waals surface area contributed by atoms with Crippen LogP contribution in [0.25, 0.3) is 0 Å². The van der Waals surface area contributed by atoms with E-state index in [0.29, 0.717) is 13.1 Å². The minimum absolute atomic E-state index is 0.162. The highest BCUT2D eigenvalue weighted by atomic mass is 19.1. The molecule has 0 spiro atoms. The van der Waals surface area contributed by atoms with Crippen LogP contribution in [-0.4, -0.2) is 0 Å². The zero-order valence-electron chi connectivity index (χ0n) is 17.7. The molecule has 0 fully saturated rings. The lowest BCUT2D eigenvalue weighted by Crippen LogP contribution is -2.35. The van der Waals surface area contributed by atoms with Crippen LogP contribution in [0.5, 0.6) is 0 Å². The van der Waals surface area contributed by atoms with E-state index in [-0.39, 0.29) is 23.7 Å². The van der Waals surface area contributed by atoms with Crippen molar-refractivity contribution < 1.29 is 8.78 Å². The SMILES string of the molecule is Fc1ccc([C@@H](NCc2ccccc2)[C@@H](NCc2ccccc2)c2ccc(F)cc2)cc1. The maximum Gasteiger partial charge on any atom is 0.123 e. The fourth-order valence-electron chi connectivity index (χ4n) is 3.84. The van der Waals surface area contributed by atoms with Crippen molar-refractivity contribution in [2.75, 3.05) is 0 Å². The molecule has 32 heavy (non-hydrogen) atoms. The molecule has 4 heteroatoms. The summed E-state index contributed by atoms with van der Waals surface area (Å²) in [5.41, 5.74) is 4.22. The Kier molecular flexibility index (Phi) is 7.38. The van der Waals surface area contributed by atoms with E-state index in [1.165, 1.54) is 24.3 Å². The summed E-state index contributed by atoms with van der Waals surface area (Å²) >= 11 is 0. The minimum Gasteiger partial charge on any atom is -0.304 e. The van der Waals surface area contributed by atoms with Crippen molar-refractivity contribution in [3.8, 4) is 0 Å². The van der Waals surface area contributed by atoms with Gasteiger partial charge in [0.15, 0.2) is 0 Å². The lowest BCUT2D eigenvalue weighted by Gasteiger charge is -2.30. The summed E-state index contributed by atoms with van der Waals surface area (Å²) in [5.74, 6) is -0.544. The van der Waals surface area contributed by atoms with Crippen molar-refractivity contribution in [1.82, 2.24) is 10.6 Å². The Bertz CT molecular complexity index is 991. The summed E-state index contributed by atoms with van der Waals surface area (Å²) in [7, 11) is 0. The molecule has 0 aliphatic heterocycles. The van der Waals surface area contributed by atoms with Gasteiger partial charge in [0.25, 0.3) is 0 Å². The average molecular weight is 429 g/mol. The molecule has 4 aromatic rings. The number of nitrogens with one attached hydrogen (secondary N) is 2. The van der Waals surface area contributed by atoms with Crippen LogP contribution in [0.15, 0.2) is 109 Å². The van der Waals surface area contributed by atoms with E-state index in [4.69, 9.17) is 0 Å². The molecular weight excluding hydrogens is 402 g/mol. The van der Waals surface area contributed by atoms with Gasteiger partial charge in [-0.2, -0.15) is 0 Å². The van der Waals surface area contributed by atoms with Gasteiger partial charge in [-0.3, -0.25) is 0 Å². The Balaban J connectivity index is 1.66. The third-order valence-electron chi connectivity index (χ3n) is 5.53. The monoisotopic (exact) mass is 428 g/mol. The van der Waals surface area contributed by atoms with Gasteiger partial charge in [0.2, 0.25) is 0 Å². The summed E-state index contributed by atoms with van der Waals surface area (Å²) < 4.78 is 27.3. The summed E-state index contributed by atoms with van der Waals surface area (Å²) in [5, 5.41) is 7.29. The van der Waals surface area contributed by atoms with E-state index in [1.54, 1.807) is 24.3 Å². The Hall–Kier alpha value is -3.34. The van der Waals surface area contributed by atoms with Crippen molar-refractivity contribution in [1.29, 1.82) is 0 Å². The molecule has 0 radical (unpaired) electrons. The van der Waals surface area contributed by atoms with Crippen LogP contribution in [0.1, 0.15) is 34.3 Å². The van der Waals surface area contributed by atoms with Crippen LogP contribution in [0.4, 0.5) is 8.78 Å². The number of hydrogen-bond acceptors (Lipinski definition) is 2. The van der Waals surface area contributed by atoms with Gasteiger partial charge in [-0.05, 0) is 46.5 Å². The lowest BCUT2D eigenvalue weighted by atomic mass is 9.92. The number of halogens is 2. The molecule has 4 aromatic carbocycles. The second-order valence-corrected chi connectivity index (χ2v) is 7.79. The van der Waals surface area contributed by atoms with Crippen LogP contribution >= 0.6 is 0 Å². The Morgan fingerprint density at radius 2 is 0.812 bits per heavy atom. The van der Waals surface area contributed by atoms with Crippen LogP contribution < -0.4 is 10.6 Å². The van der Waals surface area contributed by atoms with Gasteiger partial charge in [0.1, 0.15) is 11.6 Å². The van der Waals surface area contributed by atoms with E-state index in [2.05, 4.69) is 34.9 Å². The van der Waals surface area contributed by atoms with Crippen molar-refractivity contribution in [2.24, 2.45) is 0 Å². The molecule has 0 bridgehead atoms. The van der Waals surface area contributed by atoms with Crippen molar-refractivity contribution in [3.05, 3.63) is 143 Å². The first-order chi connectivity index (χ1) is 15.7. The van der Waals surface area contributed by atoms with Crippen molar-refractivity contribution in [3.63, 3.8) is 0 Å². The first kappa shape index (κ1) is 21.9. The predicted molar refractivity (Wildman–Crippen MR) is 125 cm³/mol. The van der Waals surface area contributed by atoms with E-state index in [0.717, 1.165) is 22.3 Å². The fraction of sp³-hybridized carbons (Fsp3) is 0.143. The molecule has 2 N–H and O–H groups in total. The average Bonchev–Trinajstić information content (AvgIpc) is 2.84. The van der Waals surface area contributed by atoms with Crippen molar-refractivity contribution >= 4 is 0 Å². The van der Waals surface area contributed by atoms with Crippen LogP contribution in [-0.2, 0) is 13.1 Å². The lowest BCUT2D eigenvalue weighted by molar-refractivity contribution is 0.380. The van der Waals surface area contributed by atoms with Gasteiger partial charge in [-0.25, -0.2) is 8.78 Å². The number of hydrogen-bond donors (Lipinski definition) is 2. The Labute approximate surface area is 187 Å². The molecule has 2 nitrogen and oxygen atoms in total. The first-order valence-corrected chi connectivity index (χ1v) is 10.7. The predicted octanol–water partition coefficient (Wildman–Crippen LogP) is 6.33. The minimum atomic E-state index is -0.272. The summed E-state index contributed by atoms with van der Waals surface area (Å²) in [6.45, 7) is 1.29. The molecule has 162 valence electrons. The zero-order valence-corrected chi connectivity index (χ0v) is 17.7. The largest absolute Gasteiger partial charge is 0.304 e. The number of benzene rings is 4. The molecule has 0 aliphatic carbocycles. The second-order valence-electron chi connectivity index (χ2n) is 7.79. The zero-order chi connectivity index (χ0) is 22.2. The maximum atomic E-state index is 13.7. The first-order valence-electron chi connectivity index (χ1n) is 10.7. The van der Waals surface area contributed by atoms with Gasteiger partial charge < -0.3 is 10.6 Å². The standard InChI is InChI=1S/C28H26F2N2/c29-25-15-11-23(12-16-25)27(31-19-21-7-3-1-4-8-21)28(24-13-17-26(30)18-14-24)32-20-22-9-5-2-6-10-22/h1-18,27-28,31-32H,19-20H2/t27-,28+. The highest BCUT2D eigenvalue weighted by molar-refractivity contribution is 5.29. The molecule has 0 amide bonds. The van der Waals surface area contributed by atoms with Gasteiger partial charge in [-0.1, -0.05) is 84.9 Å². The molecule has 0 saturated carbocycles. The molecule has 0 aliphatic rings. The van der Waals surface area contributed by atoms with Crippen LogP contribution in [0.2, 0.25) is 0 Å². The maximum absolute atomic E-state index is 13.7. The Morgan fingerprint density at radius 1 is 0.469 bits per heavy atom. The normalized spacial score (nSPS) is 12.9. The summed E-state index contributed by atoms with van der Waals surface area (Å²) in [6.07, 6.45) is 0. The quantitative estimate of drug-likeness (QED) is 0.326. The number of rotatable bonds is 9. The van der Waals surface area contributed by atoms with Gasteiger partial charge in [0, 0.05) is 13.1 Å². The fourth-order valence-corrected chi connectivity index (χ4v) is 3.84. The third-order valence-corrected chi connectivity index (χ3v) is 5.53. The van der Waals surface area contributed by atoms with E-state index in [9.17, 15) is 8.78 Å². The van der Waals surface area contributed by atoms with E-state index < -0.39 is 0 Å². The highest BCUT2D eigenvalue weighted by Gasteiger charge is 2.24. The molecule has 4 rings (SSSR count). The summed E-state index contributed by atoms with van der Waals surface area (Å²) in [6, 6.07) is 33.1. The third kappa shape index (κ3) is 5.88. The molecule has 0 saturated heterocycles. The van der Waals surface area contributed by atoms with Crippen LogP contribution in [0.3, 0.4) is 0 Å².